The van der Waals surface area contributed by atoms with E-state index < -0.39 is 42.4 Å². The number of nitrogens with zero attached hydrogens (tertiary/aromatic N) is 3. The van der Waals surface area contributed by atoms with Crippen LogP contribution >= 0.6 is 27.5 Å². The van der Waals surface area contributed by atoms with Crippen LogP contribution in [0.2, 0.25) is 5.02 Å². The maximum Gasteiger partial charge on any atom is 0.320 e. The molecule has 0 amide bonds. The molecular formula is C24H28BrClF4N4O4. The highest BCUT2D eigenvalue weighted by Gasteiger charge is 2.49. The minimum absolute atomic E-state index is 0.0942. The molecule has 210 valence electrons. The lowest BCUT2D eigenvalue weighted by molar-refractivity contribution is 0.0505. The minimum Gasteiger partial charge on any atom is -0.493 e. The molecule has 14 heteroatoms. The van der Waals surface area contributed by atoms with Crippen LogP contribution in [0.1, 0.15) is 32.1 Å². The number of alkyl halides is 3. The van der Waals surface area contributed by atoms with Gasteiger partial charge in [0.15, 0.2) is 11.6 Å². The molecule has 2 aromatic rings. The van der Waals surface area contributed by atoms with Crippen molar-refractivity contribution in [1.82, 2.24) is 20.2 Å². The number of rotatable bonds is 10. The van der Waals surface area contributed by atoms with Crippen LogP contribution in [0.15, 0.2) is 4.47 Å². The summed E-state index contributed by atoms with van der Waals surface area (Å²) in [6.07, 6.45) is -0.447. The van der Waals surface area contributed by atoms with Gasteiger partial charge in [-0.15, -0.1) is 0 Å². The van der Waals surface area contributed by atoms with E-state index in [1.54, 1.807) is 0 Å². The zero-order chi connectivity index (χ0) is 27.0. The lowest BCUT2D eigenvalue weighted by Crippen LogP contribution is -2.45. The Bertz CT molecular complexity index is 1180. The van der Waals surface area contributed by atoms with Crippen molar-refractivity contribution < 1.29 is 36.9 Å². The third kappa shape index (κ3) is 5.49. The normalized spacial score (nSPS) is 26.4. The van der Waals surface area contributed by atoms with E-state index in [1.807, 2.05) is 4.90 Å². The molecule has 1 aromatic heterocycles. The average Bonchev–Trinajstić information content (AvgIpc) is 3.60. The van der Waals surface area contributed by atoms with Gasteiger partial charge in [-0.1, -0.05) is 11.6 Å². The van der Waals surface area contributed by atoms with Gasteiger partial charge in [0.2, 0.25) is 5.88 Å². The first-order valence-electron chi connectivity index (χ1n) is 12.5. The van der Waals surface area contributed by atoms with Crippen molar-refractivity contribution in [1.29, 1.82) is 0 Å². The summed E-state index contributed by atoms with van der Waals surface area (Å²) in [5.41, 5.74) is -0.785. The van der Waals surface area contributed by atoms with E-state index in [2.05, 4.69) is 31.2 Å². The predicted molar refractivity (Wildman–Crippen MR) is 135 cm³/mol. The summed E-state index contributed by atoms with van der Waals surface area (Å²) in [4.78, 5) is 10.2. The summed E-state index contributed by atoms with van der Waals surface area (Å²) in [6, 6.07) is -0.875. The van der Waals surface area contributed by atoms with Crippen LogP contribution in [0.5, 0.6) is 17.6 Å². The molecule has 3 saturated heterocycles. The summed E-state index contributed by atoms with van der Waals surface area (Å²) in [5, 5.41) is 13.2. The zero-order valence-electron chi connectivity index (χ0n) is 20.4. The van der Waals surface area contributed by atoms with E-state index in [1.165, 1.54) is 0 Å². The van der Waals surface area contributed by atoms with Gasteiger partial charge in [-0.25, -0.2) is 17.6 Å². The molecular weight excluding hydrogens is 600 g/mol. The van der Waals surface area contributed by atoms with Crippen molar-refractivity contribution in [3.8, 4) is 17.6 Å². The van der Waals surface area contributed by atoms with Crippen LogP contribution in [0.3, 0.4) is 0 Å². The highest BCUT2D eigenvalue weighted by molar-refractivity contribution is 9.10. The second kappa shape index (κ2) is 11.4. The molecule has 3 aliphatic heterocycles. The summed E-state index contributed by atoms with van der Waals surface area (Å²) in [5.74, 6) is -1.60. The van der Waals surface area contributed by atoms with Gasteiger partial charge < -0.3 is 24.6 Å². The number of ether oxygens (including phenoxy) is 3. The molecule has 2 N–H and O–H groups in total. The number of aromatic nitrogens is 2. The lowest BCUT2D eigenvalue weighted by Gasteiger charge is -2.30. The maximum atomic E-state index is 15.2. The average molecular weight is 628 g/mol. The first-order valence-corrected chi connectivity index (χ1v) is 13.7. The molecule has 0 aliphatic carbocycles. The predicted octanol–water partition coefficient (Wildman–Crippen LogP) is 4.63. The third-order valence-electron chi connectivity index (χ3n) is 7.48. The topological polar surface area (TPSA) is 89.0 Å². The van der Waals surface area contributed by atoms with Crippen LogP contribution in [-0.4, -0.2) is 89.7 Å². The van der Waals surface area contributed by atoms with Crippen molar-refractivity contribution in [2.24, 2.45) is 0 Å². The highest BCUT2D eigenvalue weighted by Crippen LogP contribution is 2.45. The van der Waals surface area contributed by atoms with Crippen LogP contribution in [0.25, 0.3) is 10.9 Å². The Kier molecular flexibility index (Phi) is 8.39. The van der Waals surface area contributed by atoms with E-state index in [0.717, 1.165) is 25.8 Å². The molecule has 3 fully saturated rings. The molecule has 8 nitrogen and oxygen atoms in total. The summed E-state index contributed by atoms with van der Waals surface area (Å²) >= 11 is 9.46. The Hall–Kier alpha value is -1.67. The van der Waals surface area contributed by atoms with Crippen LogP contribution in [-0.2, 0) is 4.74 Å². The van der Waals surface area contributed by atoms with Gasteiger partial charge in [0.1, 0.15) is 35.3 Å². The van der Waals surface area contributed by atoms with E-state index in [-0.39, 0.29) is 51.5 Å². The molecule has 0 radical (unpaired) electrons. The fourth-order valence-corrected chi connectivity index (χ4v) is 6.29. The molecule has 5 rings (SSSR count). The third-order valence-corrected chi connectivity index (χ3v) is 8.81. The lowest BCUT2D eigenvalue weighted by atomic mass is 9.95. The Morgan fingerprint density at radius 1 is 1.29 bits per heavy atom. The van der Waals surface area contributed by atoms with Crippen molar-refractivity contribution in [2.75, 3.05) is 39.5 Å². The second-order valence-corrected chi connectivity index (χ2v) is 11.1. The molecule has 4 heterocycles. The monoisotopic (exact) mass is 626 g/mol. The fourth-order valence-electron chi connectivity index (χ4n) is 5.69. The fraction of sp³-hybridized carbons (Fsp3) is 0.667. The number of fused-ring (bicyclic) bond motifs is 2. The second-order valence-electron chi connectivity index (χ2n) is 9.96. The zero-order valence-corrected chi connectivity index (χ0v) is 22.7. The first-order chi connectivity index (χ1) is 18.2. The van der Waals surface area contributed by atoms with Crippen LogP contribution in [0, 0.1) is 5.82 Å². The van der Waals surface area contributed by atoms with Crippen LogP contribution < -0.4 is 14.8 Å². The standard InChI is InChI=1S/C24H28BrClF4N4O4/c25-17-18(26)21(37-10-13(31-8-15(28)29)14-3-1-6-36-14)16-20(19(17)30)32-23(33-22(16)35)38-11-24-4-2-5-34(24)9-12(27)7-24/h12-15,31H,1-11H2,(H,32,33,35)/t12-,13?,14?,24+/m1/s1. The largest absolute Gasteiger partial charge is 0.493 e. The molecule has 0 saturated carbocycles. The quantitative estimate of drug-likeness (QED) is 0.291. The Morgan fingerprint density at radius 3 is 2.84 bits per heavy atom. The Morgan fingerprint density at radius 2 is 2.11 bits per heavy atom. The number of aromatic hydroxyl groups is 1. The van der Waals surface area contributed by atoms with Gasteiger partial charge in [-0.3, -0.25) is 4.90 Å². The van der Waals surface area contributed by atoms with Gasteiger partial charge in [0.05, 0.1) is 28.7 Å². The molecule has 38 heavy (non-hydrogen) atoms. The van der Waals surface area contributed by atoms with Crippen molar-refractivity contribution in [3.05, 3.63) is 15.3 Å². The molecule has 2 unspecified atom stereocenters. The van der Waals surface area contributed by atoms with Crippen molar-refractivity contribution >= 4 is 38.4 Å². The number of benzene rings is 1. The van der Waals surface area contributed by atoms with Gasteiger partial charge in [-0.05, 0) is 48.2 Å². The van der Waals surface area contributed by atoms with Crippen molar-refractivity contribution in [2.45, 2.75) is 62.4 Å². The Labute approximate surface area is 230 Å². The maximum absolute atomic E-state index is 15.2. The molecule has 3 aliphatic rings. The van der Waals surface area contributed by atoms with Gasteiger partial charge in [0.25, 0.3) is 6.43 Å². The minimum atomic E-state index is -2.57. The van der Waals surface area contributed by atoms with E-state index >= 15 is 4.39 Å². The Balaban J connectivity index is 1.40. The number of halogens is 6. The number of hydrogen-bond acceptors (Lipinski definition) is 8. The van der Waals surface area contributed by atoms with Crippen molar-refractivity contribution in [3.63, 3.8) is 0 Å². The number of hydrogen-bond donors (Lipinski definition) is 2. The SMILES string of the molecule is Oc1nc(OC[C@@]23CCCN2C[C@H](F)C3)nc2c(F)c(Br)c(Cl)c(OCC(NCC(F)F)C3CCCO3)c12. The molecule has 1 aromatic carbocycles. The van der Waals surface area contributed by atoms with Crippen LogP contribution in [0.4, 0.5) is 17.6 Å². The molecule has 0 bridgehead atoms. The summed E-state index contributed by atoms with van der Waals surface area (Å²) < 4.78 is 72.2. The highest BCUT2D eigenvalue weighted by atomic mass is 79.9. The summed E-state index contributed by atoms with van der Waals surface area (Å²) in [7, 11) is 0. The van der Waals surface area contributed by atoms with Gasteiger partial charge in [0, 0.05) is 19.6 Å². The van der Waals surface area contributed by atoms with E-state index in [0.29, 0.717) is 26.0 Å². The van der Waals surface area contributed by atoms with Gasteiger partial charge in [-0.2, -0.15) is 9.97 Å². The number of nitrogens with one attached hydrogen (secondary N) is 1. The molecule has 0 spiro atoms. The van der Waals surface area contributed by atoms with E-state index in [9.17, 15) is 18.3 Å². The van der Waals surface area contributed by atoms with Gasteiger partial charge >= 0.3 is 6.01 Å². The molecule has 4 atom stereocenters. The van der Waals surface area contributed by atoms with E-state index in [4.69, 9.17) is 25.8 Å². The first kappa shape index (κ1) is 27.9. The summed E-state index contributed by atoms with van der Waals surface area (Å²) in [6.45, 7) is 1.00. The smallest absolute Gasteiger partial charge is 0.320 e.